The van der Waals surface area contributed by atoms with Crippen LogP contribution in [0.5, 0.6) is 0 Å². The number of carboxylic acid groups (broad SMARTS) is 1. The fourth-order valence-electron chi connectivity index (χ4n) is 2.39. The smallest absolute Gasteiger partial charge is 0.339 e. The van der Waals surface area contributed by atoms with Crippen molar-refractivity contribution < 1.29 is 9.90 Å². The number of hydrogen-bond acceptors (Lipinski definition) is 4. The van der Waals surface area contributed by atoms with E-state index in [4.69, 9.17) is 0 Å². The molecule has 3 rings (SSSR count). The zero-order valence-electron chi connectivity index (χ0n) is 10.8. The van der Waals surface area contributed by atoms with Crippen molar-refractivity contribution in [1.29, 1.82) is 0 Å². The lowest BCUT2D eigenvalue weighted by atomic mass is 9.85. The quantitative estimate of drug-likeness (QED) is 0.877. The number of pyridine rings is 1. The van der Waals surface area contributed by atoms with Crippen LogP contribution in [-0.4, -0.2) is 32.4 Å². The summed E-state index contributed by atoms with van der Waals surface area (Å²) in [5, 5.41) is 17.4. The highest BCUT2D eigenvalue weighted by Gasteiger charge is 2.20. The van der Waals surface area contributed by atoms with Crippen molar-refractivity contribution in [2.45, 2.75) is 19.3 Å². The zero-order valence-corrected chi connectivity index (χ0v) is 10.8. The monoisotopic (exact) mass is 260 g/mol. The molecule has 0 amide bonds. The first-order chi connectivity index (χ1) is 9.16. The topological polar surface area (TPSA) is 80.0 Å². The second-order valence-corrected chi connectivity index (χ2v) is 5.04. The molecule has 2 N–H and O–H groups in total. The molecule has 6 nitrogen and oxygen atoms in total. The van der Waals surface area contributed by atoms with Crippen LogP contribution >= 0.6 is 0 Å². The van der Waals surface area contributed by atoms with Crippen molar-refractivity contribution in [3.05, 3.63) is 18.0 Å². The fourth-order valence-corrected chi connectivity index (χ4v) is 2.39. The Kier molecular flexibility index (Phi) is 2.85. The van der Waals surface area contributed by atoms with Gasteiger partial charge in [0, 0.05) is 19.8 Å². The molecule has 0 aliphatic heterocycles. The zero-order chi connectivity index (χ0) is 13.4. The van der Waals surface area contributed by atoms with Crippen molar-refractivity contribution >= 4 is 22.7 Å². The minimum absolute atomic E-state index is 0.208. The summed E-state index contributed by atoms with van der Waals surface area (Å²) >= 11 is 0. The molecular weight excluding hydrogens is 244 g/mol. The molecule has 0 spiro atoms. The maximum Gasteiger partial charge on any atom is 0.339 e. The Balaban J connectivity index is 2.00. The summed E-state index contributed by atoms with van der Waals surface area (Å²) in [5.41, 5.74) is 1.54. The van der Waals surface area contributed by atoms with Crippen LogP contribution in [0.2, 0.25) is 0 Å². The van der Waals surface area contributed by atoms with Crippen LogP contribution in [0.1, 0.15) is 29.6 Å². The number of nitrogens with zero attached hydrogens (tertiary/aromatic N) is 3. The molecule has 6 heteroatoms. The predicted octanol–water partition coefficient (Wildman–Crippen LogP) is 1.88. The van der Waals surface area contributed by atoms with Crippen molar-refractivity contribution in [3.63, 3.8) is 0 Å². The van der Waals surface area contributed by atoms with Gasteiger partial charge >= 0.3 is 5.97 Å². The number of aromatic carboxylic acids is 1. The molecular formula is C13H16N4O2. The molecule has 2 aromatic heterocycles. The summed E-state index contributed by atoms with van der Waals surface area (Å²) in [6.45, 7) is 0.814. The van der Waals surface area contributed by atoms with Gasteiger partial charge in [-0.3, -0.25) is 4.68 Å². The third-order valence-corrected chi connectivity index (χ3v) is 3.78. The van der Waals surface area contributed by atoms with Crippen molar-refractivity contribution in [1.82, 2.24) is 14.8 Å². The Morgan fingerprint density at radius 3 is 2.95 bits per heavy atom. The second-order valence-electron chi connectivity index (χ2n) is 5.04. The molecule has 0 atom stereocenters. The molecule has 2 heterocycles. The van der Waals surface area contributed by atoms with Crippen molar-refractivity contribution in [3.8, 4) is 0 Å². The molecule has 0 unspecified atom stereocenters. The number of carbonyl (C=O) groups is 1. The highest BCUT2D eigenvalue weighted by Crippen LogP contribution is 2.29. The van der Waals surface area contributed by atoms with Gasteiger partial charge in [-0.15, -0.1) is 0 Å². The SMILES string of the molecule is Cn1ncc2c(NCC3CCC3)c(C(=O)O)cnc21. The van der Waals surface area contributed by atoms with Crippen LogP contribution in [0, 0.1) is 5.92 Å². The third-order valence-electron chi connectivity index (χ3n) is 3.78. The third kappa shape index (κ3) is 2.03. The maximum absolute atomic E-state index is 11.3. The van der Waals surface area contributed by atoms with Crippen molar-refractivity contribution in [2.75, 3.05) is 11.9 Å². The average Bonchev–Trinajstić information content (AvgIpc) is 2.69. The number of rotatable bonds is 4. The average molecular weight is 260 g/mol. The highest BCUT2D eigenvalue weighted by atomic mass is 16.4. The molecule has 1 aliphatic rings. The number of fused-ring (bicyclic) bond motifs is 1. The molecule has 19 heavy (non-hydrogen) atoms. The molecule has 0 radical (unpaired) electrons. The van der Waals surface area contributed by atoms with Gasteiger partial charge < -0.3 is 10.4 Å². The van der Waals surface area contributed by atoms with Crippen LogP contribution in [0.4, 0.5) is 5.69 Å². The molecule has 100 valence electrons. The summed E-state index contributed by atoms with van der Waals surface area (Å²) in [5.74, 6) is -0.309. The summed E-state index contributed by atoms with van der Waals surface area (Å²) in [7, 11) is 1.80. The van der Waals surface area contributed by atoms with E-state index in [2.05, 4.69) is 15.4 Å². The van der Waals surface area contributed by atoms with Crippen LogP contribution < -0.4 is 5.32 Å². The Bertz CT molecular complexity index is 631. The normalized spacial score (nSPS) is 15.4. The lowest BCUT2D eigenvalue weighted by molar-refractivity contribution is 0.0697. The largest absolute Gasteiger partial charge is 0.478 e. The number of anilines is 1. The van der Waals surface area contributed by atoms with E-state index in [0.29, 0.717) is 17.3 Å². The van der Waals surface area contributed by atoms with Crippen LogP contribution in [0.15, 0.2) is 12.4 Å². The van der Waals surface area contributed by atoms with E-state index < -0.39 is 5.97 Å². The highest BCUT2D eigenvalue weighted by molar-refractivity contribution is 6.03. The predicted molar refractivity (Wildman–Crippen MR) is 71.3 cm³/mol. The van der Waals surface area contributed by atoms with E-state index in [1.54, 1.807) is 17.9 Å². The first-order valence-corrected chi connectivity index (χ1v) is 6.44. The number of carboxylic acids is 1. The van der Waals surface area contributed by atoms with Gasteiger partial charge in [0.05, 0.1) is 17.3 Å². The first-order valence-electron chi connectivity index (χ1n) is 6.44. The van der Waals surface area contributed by atoms with Gasteiger partial charge in [-0.05, 0) is 18.8 Å². The summed E-state index contributed by atoms with van der Waals surface area (Å²) in [6, 6.07) is 0. The van der Waals surface area contributed by atoms with E-state index in [1.807, 2.05) is 0 Å². The number of hydrogen-bond donors (Lipinski definition) is 2. The van der Waals surface area contributed by atoms with Crippen LogP contribution in [-0.2, 0) is 7.05 Å². The van der Waals surface area contributed by atoms with Gasteiger partial charge in [-0.1, -0.05) is 6.42 Å². The first kappa shape index (κ1) is 12.0. The summed E-state index contributed by atoms with van der Waals surface area (Å²) < 4.78 is 1.65. The lowest BCUT2D eigenvalue weighted by Crippen LogP contribution is -2.22. The van der Waals surface area contributed by atoms with E-state index in [-0.39, 0.29) is 5.56 Å². The second kappa shape index (κ2) is 4.53. The van der Waals surface area contributed by atoms with E-state index in [0.717, 1.165) is 11.9 Å². The minimum atomic E-state index is -0.964. The van der Waals surface area contributed by atoms with Gasteiger partial charge in [0.2, 0.25) is 0 Å². The fraction of sp³-hybridized carbons (Fsp3) is 0.462. The van der Waals surface area contributed by atoms with E-state index in [1.165, 1.54) is 25.5 Å². The Labute approximate surface area is 110 Å². The number of nitrogens with one attached hydrogen (secondary N) is 1. The van der Waals surface area contributed by atoms with Crippen molar-refractivity contribution in [2.24, 2.45) is 13.0 Å². The van der Waals surface area contributed by atoms with Crippen LogP contribution in [0.3, 0.4) is 0 Å². The summed E-state index contributed by atoms with van der Waals surface area (Å²) in [4.78, 5) is 15.5. The lowest BCUT2D eigenvalue weighted by Gasteiger charge is -2.26. The Hall–Kier alpha value is -2.11. The molecule has 1 aliphatic carbocycles. The van der Waals surface area contributed by atoms with E-state index in [9.17, 15) is 9.90 Å². The van der Waals surface area contributed by atoms with Crippen LogP contribution in [0.25, 0.3) is 11.0 Å². The number of aromatic nitrogens is 3. The van der Waals surface area contributed by atoms with Gasteiger partial charge in [0.25, 0.3) is 0 Å². The van der Waals surface area contributed by atoms with Gasteiger partial charge in [-0.25, -0.2) is 9.78 Å². The van der Waals surface area contributed by atoms with Gasteiger partial charge in [0.1, 0.15) is 5.56 Å². The summed E-state index contributed by atoms with van der Waals surface area (Å²) in [6.07, 6.45) is 6.78. The molecule has 0 saturated heterocycles. The standard InChI is InChI=1S/C13H16N4O2/c1-17-12-9(7-16-17)11(10(6-15-12)13(18)19)14-5-8-3-2-4-8/h6-8H,2-5H2,1H3,(H,14,15)(H,18,19). The maximum atomic E-state index is 11.3. The molecule has 2 aromatic rings. The molecule has 1 fully saturated rings. The molecule has 1 saturated carbocycles. The molecule has 0 bridgehead atoms. The van der Waals surface area contributed by atoms with Gasteiger partial charge in [-0.2, -0.15) is 5.10 Å². The minimum Gasteiger partial charge on any atom is -0.478 e. The Morgan fingerprint density at radius 2 is 2.32 bits per heavy atom. The van der Waals surface area contributed by atoms with E-state index >= 15 is 0 Å². The Morgan fingerprint density at radius 1 is 1.53 bits per heavy atom. The number of aryl methyl sites for hydroxylation is 1. The van der Waals surface area contributed by atoms with Gasteiger partial charge in [0.15, 0.2) is 5.65 Å². The molecule has 0 aromatic carbocycles.